The molecule has 0 N–H and O–H groups in total. The fourth-order valence-electron chi connectivity index (χ4n) is 2.24. The summed E-state index contributed by atoms with van der Waals surface area (Å²) in [6.07, 6.45) is 12.6. The van der Waals surface area contributed by atoms with Gasteiger partial charge in [0, 0.05) is 18.9 Å². The lowest BCUT2D eigenvalue weighted by molar-refractivity contribution is 0.0842. The average Bonchev–Trinajstić information content (AvgIpc) is 2.88. The molecule has 4 nitrogen and oxygen atoms in total. The van der Waals surface area contributed by atoms with E-state index in [1.807, 2.05) is 71.2 Å². The van der Waals surface area contributed by atoms with E-state index >= 15 is 0 Å². The molecule has 0 aromatic carbocycles. The third-order valence-corrected chi connectivity index (χ3v) is 3.89. The van der Waals surface area contributed by atoms with E-state index in [0.717, 1.165) is 18.7 Å². The Morgan fingerprint density at radius 2 is 2.12 bits per heavy atom. The van der Waals surface area contributed by atoms with Crippen LogP contribution in [-0.4, -0.2) is 30.4 Å². The fourth-order valence-corrected chi connectivity index (χ4v) is 2.24. The standard InChI is InChI=1S/C18H25BN2O2.C2H6/c1-5-13-21(17-10-9-12-20-15-17)14-8-6-7-11-19-22-16(2)18(3,4)23-19;1-2/h5,7-12,14-16H,1,6,13H2,2-4H3;1-2H3/b11-7+,14-8-;. The Bertz CT molecular complexity index is 558. The maximum Gasteiger partial charge on any atom is 0.486 e. The average molecular weight is 342 g/mol. The molecule has 0 amide bonds. The van der Waals surface area contributed by atoms with Gasteiger partial charge in [-0.3, -0.25) is 4.98 Å². The van der Waals surface area contributed by atoms with Crippen LogP contribution in [0.5, 0.6) is 0 Å². The first-order chi connectivity index (χ1) is 12.0. The predicted molar refractivity (Wildman–Crippen MR) is 107 cm³/mol. The molecule has 1 saturated heterocycles. The summed E-state index contributed by atoms with van der Waals surface area (Å²) in [5.74, 6) is 1.97. The highest BCUT2D eigenvalue weighted by molar-refractivity contribution is 6.51. The Balaban J connectivity index is 0.00000151. The second-order valence-electron chi connectivity index (χ2n) is 6.07. The third-order valence-electron chi connectivity index (χ3n) is 3.89. The number of allylic oxidation sites excluding steroid dienone is 2. The van der Waals surface area contributed by atoms with Crippen LogP contribution in [0.4, 0.5) is 5.69 Å². The molecule has 0 spiro atoms. The van der Waals surface area contributed by atoms with E-state index in [-0.39, 0.29) is 18.8 Å². The lowest BCUT2D eigenvalue weighted by Crippen LogP contribution is -2.30. The second-order valence-corrected chi connectivity index (χ2v) is 6.07. The Morgan fingerprint density at radius 1 is 1.36 bits per heavy atom. The molecule has 25 heavy (non-hydrogen) atoms. The van der Waals surface area contributed by atoms with Crippen molar-refractivity contribution in [1.82, 2.24) is 4.98 Å². The molecule has 0 radical (unpaired) electrons. The molecule has 1 fully saturated rings. The van der Waals surface area contributed by atoms with E-state index in [4.69, 9.17) is 9.31 Å². The van der Waals surface area contributed by atoms with E-state index in [2.05, 4.69) is 28.6 Å². The van der Waals surface area contributed by atoms with Crippen molar-refractivity contribution >= 4 is 12.8 Å². The van der Waals surface area contributed by atoms with Gasteiger partial charge in [0.15, 0.2) is 0 Å². The summed E-state index contributed by atoms with van der Waals surface area (Å²) in [6.45, 7) is 14.7. The lowest BCUT2D eigenvalue weighted by Gasteiger charge is -2.21. The van der Waals surface area contributed by atoms with Gasteiger partial charge in [-0.2, -0.15) is 0 Å². The number of hydrogen-bond acceptors (Lipinski definition) is 4. The molecule has 2 rings (SSSR count). The zero-order valence-corrected chi connectivity index (χ0v) is 16.2. The molecule has 136 valence electrons. The summed E-state index contributed by atoms with van der Waals surface area (Å²) in [6, 6.07) is 3.96. The summed E-state index contributed by atoms with van der Waals surface area (Å²) in [7, 11) is -0.254. The van der Waals surface area contributed by atoms with Crippen molar-refractivity contribution < 1.29 is 9.31 Å². The fraction of sp³-hybridized carbons (Fsp3) is 0.450. The number of pyridine rings is 1. The van der Waals surface area contributed by atoms with Crippen molar-refractivity contribution in [1.29, 1.82) is 0 Å². The lowest BCUT2D eigenvalue weighted by atomic mass is 9.90. The van der Waals surface area contributed by atoms with E-state index in [1.54, 1.807) is 6.20 Å². The molecule has 1 aliphatic rings. The van der Waals surface area contributed by atoms with Crippen molar-refractivity contribution in [2.24, 2.45) is 0 Å². The minimum absolute atomic E-state index is 0.0985. The van der Waals surface area contributed by atoms with Crippen LogP contribution in [0.15, 0.2) is 61.5 Å². The number of hydrogen-bond donors (Lipinski definition) is 0. The maximum absolute atomic E-state index is 5.83. The monoisotopic (exact) mass is 342 g/mol. The molecule has 2 heterocycles. The first-order valence-corrected chi connectivity index (χ1v) is 8.97. The first-order valence-electron chi connectivity index (χ1n) is 8.97. The minimum Gasteiger partial charge on any atom is -0.402 e. The predicted octanol–water partition coefficient (Wildman–Crippen LogP) is 4.80. The molecule has 1 atom stereocenters. The van der Waals surface area contributed by atoms with Gasteiger partial charge in [0.2, 0.25) is 0 Å². The van der Waals surface area contributed by atoms with Crippen LogP contribution >= 0.6 is 0 Å². The van der Waals surface area contributed by atoms with Crippen LogP contribution < -0.4 is 4.90 Å². The zero-order valence-electron chi connectivity index (χ0n) is 16.2. The minimum atomic E-state index is -0.254. The van der Waals surface area contributed by atoms with Gasteiger partial charge in [0.05, 0.1) is 23.6 Å². The highest BCUT2D eigenvalue weighted by atomic mass is 16.7. The highest BCUT2D eigenvalue weighted by Crippen LogP contribution is 2.27. The summed E-state index contributed by atoms with van der Waals surface area (Å²) < 4.78 is 11.6. The quantitative estimate of drug-likeness (QED) is 0.526. The van der Waals surface area contributed by atoms with E-state index in [0.29, 0.717) is 0 Å². The number of rotatable bonds is 7. The van der Waals surface area contributed by atoms with Gasteiger partial charge in [-0.25, -0.2) is 0 Å². The molecule has 0 bridgehead atoms. The number of nitrogens with zero attached hydrogens (tertiary/aromatic N) is 2. The van der Waals surface area contributed by atoms with Gasteiger partial charge in [-0.15, -0.1) is 6.58 Å². The summed E-state index contributed by atoms with van der Waals surface area (Å²) in [5, 5.41) is 0. The van der Waals surface area contributed by atoms with Crippen molar-refractivity contribution in [3.63, 3.8) is 0 Å². The SMILES string of the molecule is C=CCN(/C=C\C/C=C/B1OC(C)C(C)(C)O1)c1cccnc1.CC. The molecule has 1 aromatic rings. The number of aromatic nitrogens is 1. The van der Waals surface area contributed by atoms with Gasteiger partial charge in [-0.05, 0) is 39.3 Å². The van der Waals surface area contributed by atoms with Gasteiger partial charge < -0.3 is 14.2 Å². The Hall–Kier alpha value is -1.85. The van der Waals surface area contributed by atoms with Gasteiger partial charge >= 0.3 is 7.12 Å². The normalized spacial score (nSPS) is 19.1. The summed E-state index contributed by atoms with van der Waals surface area (Å²) in [4.78, 5) is 6.25. The van der Waals surface area contributed by atoms with Crippen molar-refractivity contribution in [3.05, 3.63) is 61.5 Å². The van der Waals surface area contributed by atoms with Crippen molar-refractivity contribution in [3.8, 4) is 0 Å². The molecule has 5 heteroatoms. The topological polar surface area (TPSA) is 34.6 Å². The Kier molecular flexibility index (Phi) is 9.25. The van der Waals surface area contributed by atoms with Gasteiger partial charge in [0.1, 0.15) is 0 Å². The molecule has 1 aliphatic heterocycles. The molecule has 0 saturated carbocycles. The van der Waals surface area contributed by atoms with Crippen LogP contribution in [0.3, 0.4) is 0 Å². The number of anilines is 1. The van der Waals surface area contributed by atoms with E-state index < -0.39 is 0 Å². The van der Waals surface area contributed by atoms with Crippen LogP contribution in [0.1, 0.15) is 41.0 Å². The molecule has 0 aliphatic carbocycles. The van der Waals surface area contributed by atoms with Gasteiger partial charge in [-0.1, -0.05) is 38.1 Å². The second kappa shape index (κ2) is 10.9. The van der Waals surface area contributed by atoms with Crippen LogP contribution in [0.25, 0.3) is 0 Å². The summed E-state index contributed by atoms with van der Waals surface area (Å²) in [5.41, 5.74) is 0.817. The van der Waals surface area contributed by atoms with Crippen LogP contribution in [-0.2, 0) is 9.31 Å². The van der Waals surface area contributed by atoms with E-state index in [1.165, 1.54) is 0 Å². The summed E-state index contributed by atoms with van der Waals surface area (Å²) >= 11 is 0. The first kappa shape index (κ1) is 21.2. The Morgan fingerprint density at radius 3 is 2.68 bits per heavy atom. The third kappa shape index (κ3) is 6.88. The maximum atomic E-state index is 5.83. The van der Waals surface area contributed by atoms with E-state index in [9.17, 15) is 0 Å². The van der Waals surface area contributed by atoms with Gasteiger partial charge in [0.25, 0.3) is 0 Å². The molecule has 1 aromatic heterocycles. The van der Waals surface area contributed by atoms with Crippen molar-refractivity contribution in [2.75, 3.05) is 11.4 Å². The van der Waals surface area contributed by atoms with Crippen LogP contribution in [0, 0.1) is 0 Å². The molecule has 1 unspecified atom stereocenters. The van der Waals surface area contributed by atoms with Crippen LogP contribution in [0.2, 0.25) is 0 Å². The van der Waals surface area contributed by atoms with Crippen molar-refractivity contribution in [2.45, 2.75) is 52.7 Å². The highest BCUT2D eigenvalue weighted by Gasteiger charge is 2.41. The molecular weight excluding hydrogens is 311 g/mol. The molecular formula is C20H31BN2O2. The zero-order chi connectivity index (χ0) is 18.7. The smallest absolute Gasteiger partial charge is 0.402 e. The Labute approximate surface area is 153 Å². The largest absolute Gasteiger partial charge is 0.486 e.